The minimum atomic E-state index is -0.640. The summed E-state index contributed by atoms with van der Waals surface area (Å²) in [7, 11) is 0. The maximum absolute atomic E-state index is 11.0. The third-order valence-electron chi connectivity index (χ3n) is 2.53. The van der Waals surface area contributed by atoms with Gasteiger partial charge in [0.15, 0.2) is 0 Å². The summed E-state index contributed by atoms with van der Waals surface area (Å²) in [5.41, 5.74) is 5.12. The lowest BCUT2D eigenvalue weighted by atomic mass is 9.97. The molecule has 0 radical (unpaired) electrons. The fourth-order valence-electron chi connectivity index (χ4n) is 1.52. The smallest absolute Gasteiger partial charge is 0.251 e. The van der Waals surface area contributed by atoms with Gasteiger partial charge >= 0.3 is 0 Å². The average molecular weight is 224 g/mol. The lowest BCUT2D eigenvalue weighted by molar-refractivity contribution is -0.428. The van der Waals surface area contributed by atoms with Crippen LogP contribution in [0, 0.1) is 16.0 Å². The highest BCUT2D eigenvalue weighted by Gasteiger charge is 2.30. The minimum Gasteiger partial charge on any atom is -0.490 e. The van der Waals surface area contributed by atoms with E-state index >= 15 is 0 Å². The van der Waals surface area contributed by atoms with E-state index < -0.39 is 16.7 Å². The predicted octanol–water partition coefficient (Wildman–Crippen LogP) is 0.715. The molecule has 1 amide bonds. The molecule has 0 bridgehead atoms. The van der Waals surface area contributed by atoms with Gasteiger partial charge in [-0.2, -0.15) is 0 Å². The Balaban J connectivity index is 2.16. The summed E-state index contributed by atoms with van der Waals surface area (Å²) in [6, 6.07) is 0. The number of hydrogen-bond acceptors (Lipinski definition) is 4. The molecule has 6 heteroatoms. The molecule has 0 spiro atoms. The Labute approximate surface area is 91.9 Å². The molecule has 1 unspecified atom stereocenters. The molecule has 2 N–H and O–H groups in total. The van der Waals surface area contributed by atoms with Crippen LogP contribution >= 0.6 is 0 Å². The van der Waals surface area contributed by atoms with Crippen LogP contribution in [0.5, 0.6) is 0 Å². The molecular weight excluding hydrogens is 212 g/mol. The van der Waals surface area contributed by atoms with E-state index in [1.165, 1.54) is 6.08 Å². The van der Waals surface area contributed by atoms with Crippen molar-refractivity contribution in [3.8, 4) is 0 Å². The number of nitrogens with two attached hydrogens (primary N) is 1. The first-order valence-electron chi connectivity index (χ1n) is 5.09. The van der Waals surface area contributed by atoms with Crippen molar-refractivity contribution >= 4 is 5.91 Å². The summed E-state index contributed by atoms with van der Waals surface area (Å²) < 4.78 is 5.44. The second-order valence-corrected chi connectivity index (χ2v) is 3.99. The van der Waals surface area contributed by atoms with E-state index in [9.17, 15) is 14.9 Å². The van der Waals surface area contributed by atoms with Crippen LogP contribution < -0.4 is 5.73 Å². The Morgan fingerprint density at radius 2 is 2.25 bits per heavy atom. The van der Waals surface area contributed by atoms with Gasteiger partial charge in [0.25, 0.3) is 5.70 Å². The van der Waals surface area contributed by atoms with Gasteiger partial charge < -0.3 is 10.5 Å². The molecule has 2 aliphatic carbocycles. The molecule has 0 aromatic carbocycles. The van der Waals surface area contributed by atoms with Crippen molar-refractivity contribution in [3.05, 3.63) is 33.7 Å². The number of rotatable bonds is 4. The van der Waals surface area contributed by atoms with Crippen LogP contribution in [0.25, 0.3) is 0 Å². The molecule has 6 nitrogen and oxygen atoms in total. The van der Waals surface area contributed by atoms with Gasteiger partial charge in [0.1, 0.15) is 5.76 Å². The largest absolute Gasteiger partial charge is 0.490 e. The summed E-state index contributed by atoms with van der Waals surface area (Å²) in [4.78, 5) is 21.2. The molecule has 86 valence electrons. The Morgan fingerprint density at radius 1 is 1.56 bits per heavy atom. The molecule has 1 fully saturated rings. The first kappa shape index (κ1) is 10.7. The molecule has 0 aromatic rings. The standard InChI is InChI=1S/C10H12N2O4/c11-10(13)6-3-7(12(14)15)5-9(4-6)16-8-1-2-8/h4-6,8H,1-3H2,(H2,11,13). The zero-order valence-corrected chi connectivity index (χ0v) is 8.59. The molecule has 16 heavy (non-hydrogen) atoms. The summed E-state index contributed by atoms with van der Waals surface area (Å²) in [5, 5.41) is 10.7. The lowest BCUT2D eigenvalue weighted by Crippen LogP contribution is -2.25. The SMILES string of the molecule is NC(=O)C1C=C(OC2CC2)C=C([N+](=O)[O-])C1. The summed E-state index contributed by atoms with van der Waals surface area (Å²) in [5.74, 6) is -0.812. The number of nitrogens with zero attached hydrogens (tertiary/aromatic N) is 1. The van der Waals surface area contributed by atoms with E-state index in [1.54, 1.807) is 6.08 Å². The van der Waals surface area contributed by atoms with Crippen molar-refractivity contribution in [1.82, 2.24) is 0 Å². The van der Waals surface area contributed by atoms with E-state index in [0.717, 1.165) is 12.8 Å². The number of hydrogen-bond donors (Lipinski definition) is 1. The first-order valence-corrected chi connectivity index (χ1v) is 5.09. The second kappa shape index (κ2) is 3.96. The fourth-order valence-corrected chi connectivity index (χ4v) is 1.52. The predicted molar refractivity (Wildman–Crippen MR) is 54.6 cm³/mol. The Morgan fingerprint density at radius 3 is 2.75 bits per heavy atom. The van der Waals surface area contributed by atoms with Crippen molar-refractivity contribution in [2.24, 2.45) is 11.7 Å². The molecule has 0 aliphatic heterocycles. The third-order valence-corrected chi connectivity index (χ3v) is 2.53. The highest BCUT2D eigenvalue weighted by molar-refractivity contribution is 5.79. The second-order valence-electron chi connectivity index (χ2n) is 3.99. The summed E-state index contributed by atoms with van der Waals surface area (Å²) in [6.45, 7) is 0. The van der Waals surface area contributed by atoms with Crippen molar-refractivity contribution in [2.75, 3.05) is 0 Å². The maximum atomic E-state index is 11.0. The molecular formula is C10H12N2O4. The molecule has 0 saturated heterocycles. The van der Waals surface area contributed by atoms with E-state index in [-0.39, 0.29) is 18.2 Å². The summed E-state index contributed by atoms with van der Waals surface area (Å²) in [6.07, 6.45) is 5.04. The van der Waals surface area contributed by atoms with Gasteiger partial charge in [-0.15, -0.1) is 0 Å². The Kier molecular flexibility index (Phi) is 2.64. The maximum Gasteiger partial charge on any atom is 0.251 e. The minimum absolute atomic E-state index is 0.0260. The number of nitro groups is 1. The number of carbonyl (C=O) groups is 1. The molecule has 0 heterocycles. The molecule has 2 aliphatic rings. The van der Waals surface area contributed by atoms with E-state index in [4.69, 9.17) is 10.5 Å². The molecule has 0 aromatic heterocycles. The quantitative estimate of drug-likeness (QED) is 0.562. The van der Waals surface area contributed by atoms with Crippen molar-refractivity contribution in [2.45, 2.75) is 25.4 Å². The first-order chi connectivity index (χ1) is 7.56. The van der Waals surface area contributed by atoms with Gasteiger partial charge in [0, 0.05) is 0 Å². The van der Waals surface area contributed by atoms with E-state index in [0.29, 0.717) is 5.76 Å². The van der Waals surface area contributed by atoms with Gasteiger partial charge in [-0.3, -0.25) is 14.9 Å². The Bertz CT molecular complexity index is 396. The highest BCUT2D eigenvalue weighted by Crippen LogP contribution is 2.30. The number of allylic oxidation sites excluding steroid dienone is 2. The molecule has 1 saturated carbocycles. The number of carbonyl (C=O) groups excluding carboxylic acids is 1. The topological polar surface area (TPSA) is 95.5 Å². The Hall–Kier alpha value is -1.85. The van der Waals surface area contributed by atoms with Gasteiger partial charge in [0.05, 0.1) is 29.4 Å². The van der Waals surface area contributed by atoms with Crippen LogP contribution in [0.4, 0.5) is 0 Å². The zero-order valence-electron chi connectivity index (χ0n) is 8.59. The van der Waals surface area contributed by atoms with Crippen LogP contribution in [0.15, 0.2) is 23.6 Å². The van der Waals surface area contributed by atoms with Crippen molar-refractivity contribution in [1.29, 1.82) is 0 Å². The van der Waals surface area contributed by atoms with Gasteiger partial charge in [-0.05, 0) is 18.9 Å². The van der Waals surface area contributed by atoms with Crippen LogP contribution in [0.2, 0.25) is 0 Å². The number of primary amides is 1. The van der Waals surface area contributed by atoms with Gasteiger partial charge in [-0.25, -0.2) is 0 Å². The van der Waals surface area contributed by atoms with Gasteiger partial charge in [0.2, 0.25) is 5.91 Å². The van der Waals surface area contributed by atoms with Crippen LogP contribution in [0.3, 0.4) is 0 Å². The number of ether oxygens (including phenoxy) is 1. The van der Waals surface area contributed by atoms with Crippen LogP contribution in [-0.4, -0.2) is 16.9 Å². The van der Waals surface area contributed by atoms with Crippen LogP contribution in [-0.2, 0) is 9.53 Å². The monoisotopic (exact) mass is 224 g/mol. The van der Waals surface area contributed by atoms with Crippen molar-refractivity contribution in [3.63, 3.8) is 0 Å². The molecule has 1 atom stereocenters. The number of amides is 1. The highest BCUT2D eigenvalue weighted by atomic mass is 16.6. The average Bonchev–Trinajstić information content (AvgIpc) is 3.01. The van der Waals surface area contributed by atoms with E-state index in [2.05, 4.69) is 0 Å². The van der Waals surface area contributed by atoms with Gasteiger partial charge in [-0.1, -0.05) is 0 Å². The third kappa shape index (κ3) is 2.39. The van der Waals surface area contributed by atoms with Crippen LogP contribution in [0.1, 0.15) is 19.3 Å². The fraction of sp³-hybridized carbons (Fsp3) is 0.500. The zero-order chi connectivity index (χ0) is 11.7. The van der Waals surface area contributed by atoms with E-state index in [1.807, 2.05) is 0 Å². The molecule has 2 rings (SSSR count). The lowest BCUT2D eigenvalue weighted by Gasteiger charge is -2.15. The van der Waals surface area contributed by atoms with Crippen molar-refractivity contribution < 1.29 is 14.5 Å². The summed E-state index contributed by atoms with van der Waals surface area (Å²) >= 11 is 0. The normalized spacial score (nSPS) is 24.4.